The minimum Gasteiger partial charge on any atom is -0.489 e. The van der Waals surface area contributed by atoms with Crippen LogP contribution in [0, 0.1) is 0 Å². The number of nitrogens with zero attached hydrogens (tertiary/aromatic N) is 4. The highest BCUT2D eigenvalue weighted by molar-refractivity contribution is 7.84. The largest absolute Gasteiger partial charge is 0.489 e. The van der Waals surface area contributed by atoms with E-state index in [2.05, 4.69) is 31.1 Å². The molecule has 5 rings (SSSR count). The molecule has 3 aromatic rings. The molecule has 2 amide bonds. The molecule has 7 N–H and O–H groups in total. The summed E-state index contributed by atoms with van der Waals surface area (Å²) in [5.74, 6) is -2.49. The first-order chi connectivity index (χ1) is 20.4. The predicted octanol–water partition coefficient (Wildman–Crippen LogP) is -0.572. The number of carbonyl (C=O) groups is 3. The number of oxime groups is 1. The molecule has 0 bridgehead atoms. The van der Waals surface area contributed by atoms with Gasteiger partial charge in [0, 0.05) is 30.1 Å². The molecule has 4 heterocycles. The number of nitrogen functional groups attached to an aromatic ring is 1. The first-order valence-corrected chi connectivity index (χ1v) is 15.0. The molecule has 228 valence electrons. The lowest BCUT2D eigenvalue weighted by atomic mass is 10.0. The van der Waals surface area contributed by atoms with E-state index in [1.54, 1.807) is 30.5 Å². The van der Waals surface area contributed by atoms with Crippen molar-refractivity contribution in [1.29, 1.82) is 0 Å². The first kappa shape index (κ1) is 29.9. The lowest BCUT2D eigenvalue weighted by molar-refractivity contribution is -0.152. The predicted molar refractivity (Wildman–Crippen MR) is 153 cm³/mol. The zero-order chi connectivity index (χ0) is 30.9. The van der Waals surface area contributed by atoms with Crippen LogP contribution in [0.15, 0.2) is 41.0 Å². The van der Waals surface area contributed by atoms with Crippen LogP contribution in [0.5, 0.6) is 5.75 Å². The normalized spacial score (nSPS) is 19.7. The van der Waals surface area contributed by atoms with E-state index in [0.717, 1.165) is 35.2 Å². The minimum atomic E-state index is -4.82. The molecular formula is C24H26N8O9S2. The molecule has 2 aliphatic rings. The number of aromatic nitrogens is 2. The van der Waals surface area contributed by atoms with Crippen LogP contribution >= 0.6 is 11.3 Å². The van der Waals surface area contributed by atoms with Gasteiger partial charge in [0.15, 0.2) is 10.8 Å². The van der Waals surface area contributed by atoms with Crippen molar-refractivity contribution in [3.63, 3.8) is 0 Å². The molecule has 2 fully saturated rings. The summed E-state index contributed by atoms with van der Waals surface area (Å²) < 4.78 is 37.8. The van der Waals surface area contributed by atoms with Crippen LogP contribution in [-0.4, -0.2) is 99.8 Å². The van der Waals surface area contributed by atoms with Crippen LogP contribution in [0.1, 0.15) is 12.6 Å². The van der Waals surface area contributed by atoms with E-state index in [-0.39, 0.29) is 21.2 Å². The van der Waals surface area contributed by atoms with E-state index in [4.69, 9.17) is 15.3 Å². The molecule has 0 radical (unpaired) electrons. The van der Waals surface area contributed by atoms with Gasteiger partial charge in [-0.3, -0.25) is 14.1 Å². The van der Waals surface area contributed by atoms with Gasteiger partial charge in [0.05, 0.1) is 12.1 Å². The lowest BCUT2D eigenvalue weighted by Gasteiger charge is -2.42. The van der Waals surface area contributed by atoms with E-state index in [1.165, 1.54) is 12.3 Å². The molecule has 0 saturated carbocycles. The second-order valence-electron chi connectivity index (χ2n) is 9.60. The number of hydrogen-bond donors (Lipinski definition) is 6. The number of carbonyl (C=O) groups excluding carboxylic acids is 2. The summed E-state index contributed by atoms with van der Waals surface area (Å²) in [5, 5.41) is 25.3. The van der Waals surface area contributed by atoms with Crippen molar-refractivity contribution in [2.45, 2.75) is 31.2 Å². The van der Waals surface area contributed by atoms with Gasteiger partial charge in [-0.05, 0) is 36.6 Å². The number of pyridine rings is 1. The number of rotatable bonds is 12. The van der Waals surface area contributed by atoms with Gasteiger partial charge in [-0.2, -0.15) is 8.42 Å². The summed E-state index contributed by atoms with van der Waals surface area (Å²) in [6.45, 7) is 2.46. The van der Waals surface area contributed by atoms with Crippen LogP contribution in [0.25, 0.3) is 10.8 Å². The monoisotopic (exact) mass is 634 g/mol. The van der Waals surface area contributed by atoms with Crippen molar-refractivity contribution >= 4 is 66.9 Å². The average Bonchev–Trinajstić information content (AvgIpc) is 3.35. The van der Waals surface area contributed by atoms with Crippen LogP contribution in [0.4, 0.5) is 10.9 Å². The standard InChI is InChI=1S/C24H26N8O9S2/c1-11-18(22(34)32(11)43(37,38)39)30-21(33)19(16-10-42-24(25)29-16)31-41-17(23(35)36)9-40-14-2-3-15-12(6-14)4-5-27-20(15)28-13-7-26-8-13/h2-6,10-11,13,17-18,26H,7-9H2,1H3,(H2,25,29)(H,27,28)(H,30,33)(H,35,36)(H,37,38,39)/b31-19-. The second kappa shape index (κ2) is 12.0. The highest BCUT2D eigenvalue weighted by atomic mass is 32.2. The lowest BCUT2D eigenvalue weighted by Crippen LogP contribution is -2.71. The van der Waals surface area contributed by atoms with Gasteiger partial charge >= 0.3 is 16.3 Å². The molecule has 0 aliphatic carbocycles. The fourth-order valence-electron chi connectivity index (χ4n) is 4.29. The SMILES string of the molecule is CC1C(NC(=O)/C(=N\OC(COc2ccc3c(NC4CNC4)nccc3c2)C(=O)O)c2csc(N)n2)C(=O)N1S(=O)(=O)O. The number of amides is 2. The summed E-state index contributed by atoms with van der Waals surface area (Å²) in [6, 6.07) is 4.80. The number of nitrogens with two attached hydrogens (primary N) is 1. The van der Waals surface area contributed by atoms with E-state index in [9.17, 15) is 32.5 Å². The fourth-order valence-corrected chi connectivity index (χ4v) is 5.72. The maximum absolute atomic E-state index is 13.0. The zero-order valence-electron chi connectivity index (χ0n) is 22.3. The third-order valence-corrected chi connectivity index (χ3v) is 8.34. The fraction of sp³-hybridized carbons (Fsp3) is 0.333. The summed E-state index contributed by atoms with van der Waals surface area (Å²) in [7, 11) is -4.82. The first-order valence-electron chi connectivity index (χ1n) is 12.7. The number of thiazole rings is 1. The summed E-state index contributed by atoms with van der Waals surface area (Å²) in [4.78, 5) is 50.7. The molecule has 1 aromatic carbocycles. The molecule has 17 nitrogen and oxygen atoms in total. The van der Waals surface area contributed by atoms with Crippen molar-refractivity contribution in [2.75, 3.05) is 30.7 Å². The maximum atomic E-state index is 13.0. The Hall–Kier alpha value is -4.59. The topological polar surface area (TPSA) is 248 Å². The highest BCUT2D eigenvalue weighted by Crippen LogP contribution is 2.27. The van der Waals surface area contributed by atoms with Crippen molar-refractivity contribution in [2.24, 2.45) is 5.16 Å². The Balaban J connectivity index is 1.29. The van der Waals surface area contributed by atoms with Crippen LogP contribution in [0.2, 0.25) is 0 Å². The van der Waals surface area contributed by atoms with E-state index in [1.807, 2.05) is 0 Å². The van der Waals surface area contributed by atoms with Crippen molar-refractivity contribution in [3.05, 3.63) is 41.5 Å². The molecule has 43 heavy (non-hydrogen) atoms. The third-order valence-electron chi connectivity index (χ3n) is 6.66. The summed E-state index contributed by atoms with van der Waals surface area (Å²) in [5.41, 5.74) is 5.06. The molecule has 2 saturated heterocycles. The number of aliphatic carboxylic acids is 1. The van der Waals surface area contributed by atoms with Gasteiger partial charge in [-0.25, -0.2) is 19.1 Å². The van der Waals surface area contributed by atoms with E-state index < -0.39 is 58.6 Å². The Bertz CT molecular complexity index is 1710. The summed E-state index contributed by atoms with van der Waals surface area (Å²) >= 11 is 0.961. The molecule has 2 aliphatic heterocycles. The van der Waals surface area contributed by atoms with Crippen LogP contribution < -0.4 is 26.4 Å². The summed E-state index contributed by atoms with van der Waals surface area (Å²) in [6.07, 6.45) is -0.0245. The van der Waals surface area contributed by atoms with Gasteiger partial charge in [0.2, 0.25) is 0 Å². The number of ether oxygens (including phenoxy) is 1. The van der Waals surface area contributed by atoms with Crippen molar-refractivity contribution in [3.8, 4) is 5.75 Å². The molecule has 3 atom stereocenters. The maximum Gasteiger partial charge on any atom is 0.362 e. The Morgan fingerprint density at radius 1 is 1.33 bits per heavy atom. The number of hydrogen-bond acceptors (Lipinski definition) is 14. The van der Waals surface area contributed by atoms with Gasteiger partial charge in [-0.15, -0.1) is 11.3 Å². The number of carboxylic acid groups (broad SMARTS) is 1. The van der Waals surface area contributed by atoms with Gasteiger partial charge in [-0.1, -0.05) is 5.16 Å². The number of fused-ring (bicyclic) bond motifs is 1. The number of β-lactam (4-membered cyclic amide) rings is 1. The Morgan fingerprint density at radius 2 is 2.09 bits per heavy atom. The van der Waals surface area contributed by atoms with Crippen molar-refractivity contribution in [1.82, 2.24) is 24.9 Å². The molecule has 2 aromatic heterocycles. The third kappa shape index (κ3) is 6.43. The molecule has 3 unspecified atom stereocenters. The number of benzene rings is 1. The van der Waals surface area contributed by atoms with Gasteiger partial charge < -0.3 is 36.4 Å². The second-order valence-corrected chi connectivity index (χ2v) is 11.8. The average molecular weight is 635 g/mol. The smallest absolute Gasteiger partial charge is 0.362 e. The van der Waals surface area contributed by atoms with E-state index >= 15 is 0 Å². The molecular weight excluding hydrogens is 608 g/mol. The Kier molecular flexibility index (Phi) is 8.31. The van der Waals surface area contributed by atoms with Gasteiger partial charge in [0.25, 0.3) is 17.9 Å². The Labute approximate surface area is 247 Å². The zero-order valence-corrected chi connectivity index (χ0v) is 24.0. The quantitative estimate of drug-likeness (QED) is 0.0632. The number of nitrogens with one attached hydrogen (secondary N) is 3. The molecule has 0 spiro atoms. The van der Waals surface area contributed by atoms with Gasteiger partial charge in [0.1, 0.15) is 29.9 Å². The van der Waals surface area contributed by atoms with Crippen LogP contribution in [-0.2, 0) is 29.5 Å². The Morgan fingerprint density at radius 3 is 2.70 bits per heavy atom. The van der Waals surface area contributed by atoms with E-state index in [0.29, 0.717) is 11.6 Å². The number of carboxylic acids is 1. The minimum absolute atomic E-state index is 0.0634. The van der Waals surface area contributed by atoms with Crippen molar-refractivity contribution < 1.29 is 42.0 Å². The highest BCUT2D eigenvalue weighted by Gasteiger charge is 2.51. The molecule has 19 heteroatoms. The number of anilines is 2. The van der Waals surface area contributed by atoms with Crippen LogP contribution in [0.3, 0.4) is 0 Å².